The lowest BCUT2D eigenvalue weighted by Gasteiger charge is -2.32. The van der Waals surface area contributed by atoms with Crippen LogP contribution in [0.4, 0.5) is 0 Å². The Hall–Kier alpha value is -1.36. The summed E-state index contributed by atoms with van der Waals surface area (Å²) >= 11 is 0. The van der Waals surface area contributed by atoms with E-state index in [0.717, 1.165) is 31.4 Å². The van der Waals surface area contributed by atoms with Crippen LogP contribution in [0.15, 0.2) is 6.07 Å². The van der Waals surface area contributed by atoms with Crippen molar-refractivity contribution in [3.63, 3.8) is 0 Å². The predicted octanol–water partition coefficient (Wildman–Crippen LogP) is 1.60. The van der Waals surface area contributed by atoms with Gasteiger partial charge in [-0.3, -0.25) is 9.89 Å². The lowest BCUT2D eigenvalue weighted by molar-refractivity contribution is 0.0517. The van der Waals surface area contributed by atoms with Crippen LogP contribution in [0.2, 0.25) is 0 Å². The number of aromatic nitrogens is 2. The SMILES string of the molecule is CCCc1cc(C(=O)N2CCC(C(C)O)CC2)n[nH]1. The fraction of sp³-hybridized carbons (Fsp3) is 0.714. The molecule has 0 saturated carbocycles. The second kappa shape index (κ2) is 6.19. The zero-order valence-electron chi connectivity index (χ0n) is 11.7. The molecule has 19 heavy (non-hydrogen) atoms. The fourth-order valence-electron chi connectivity index (χ4n) is 2.62. The molecule has 5 nitrogen and oxygen atoms in total. The average Bonchev–Trinajstić information content (AvgIpc) is 2.87. The van der Waals surface area contributed by atoms with Gasteiger partial charge in [0.15, 0.2) is 0 Å². The lowest BCUT2D eigenvalue weighted by Crippen LogP contribution is -2.40. The Morgan fingerprint density at radius 3 is 2.84 bits per heavy atom. The molecule has 106 valence electrons. The van der Waals surface area contributed by atoms with Gasteiger partial charge in [-0.1, -0.05) is 13.3 Å². The van der Waals surface area contributed by atoms with Gasteiger partial charge in [-0.15, -0.1) is 0 Å². The summed E-state index contributed by atoms with van der Waals surface area (Å²) in [5.74, 6) is 0.321. The number of nitrogens with zero attached hydrogens (tertiary/aromatic N) is 2. The Kier molecular flexibility index (Phi) is 4.58. The van der Waals surface area contributed by atoms with Crippen LogP contribution in [0.1, 0.15) is 49.3 Å². The number of hydrogen-bond donors (Lipinski definition) is 2. The predicted molar refractivity (Wildman–Crippen MR) is 72.9 cm³/mol. The van der Waals surface area contributed by atoms with Crippen molar-refractivity contribution in [2.45, 2.75) is 45.6 Å². The Morgan fingerprint density at radius 1 is 1.58 bits per heavy atom. The molecule has 1 aromatic heterocycles. The van der Waals surface area contributed by atoms with E-state index in [9.17, 15) is 9.90 Å². The highest BCUT2D eigenvalue weighted by Crippen LogP contribution is 2.21. The van der Waals surface area contributed by atoms with Crippen molar-refractivity contribution in [3.8, 4) is 0 Å². The Balaban J connectivity index is 1.93. The molecular formula is C14H23N3O2. The number of carbonyl (C=O) groups excluding carboxylic acids is 1. The number of aliphatic hydroxyl groups is 1. The summed E-state index contributed by atoms with van der Waals surface area (Å²) in [4.78, 5) is 14.1. The normalized spacial score (nSPS) is 18.6. The van der Waals surface area contributed by atoms with Gasteiger partial charge in [-0.25, -0.2) is 0 Å². The minimum absolute atomic E-state index is 0.00245. The smallest absolute Gasteiger partial charge is 0.274 e. The van der Waals surface area contributed by atoms with Crippen LogP contribution in [0.5, 0.6) is 0 Å². The van der Waals surface area contributed by atoms with Gasteiger partial charge >= 0.3 is 0 Å². The zero-order chi connectivity index (χ0) is 13.8. The molecule has 2 N–H and O–H groups in total. The van der Waals surface area contributed by atoms with Gasteiger partial charge < -0.3 is 10.0 Å². The summed E-state index contributed by atoms with van der Waals surface area (Å²) in [5, 5.41) is 16.6. The molecule has 2 rings (SSSR count). The first-order valence-electron chi connectivity index (χ1n) is 7.13. The molecule has 0 aliphatic carbocycles. The molecule has 0 spiro atoms. The zero-order valence-corrected chi connectivity index (χ0v) is 11.7. The maximum Gasteiger partial charge on any atom is 0.274 e. The number of likely N-dealkylation sites (tertiary alicyclic amines) is 1. The van der Waals surface area contributed by atoms with E-state index in [-0.39, 0.29) is 12.0 Å². The van der Waals surface area contributed by atoms with Crippen molar-refractivity contribution in [3.05, 3.63) is 17.5 Å². The molecule has 1 amide bonds. The molecule has 1 aliphatic heterocycles. The van der Waals surface area contributed by atoms with Gasteiger partial charge in [0.2, 0.25) is 0 Å². The molecule has 1 unspecified atom stereocenters. The first-order chi connectivity index (χ1) is 9.11. The van der Waals surface area contributed by atoms with E-state index in [4.69, 9.17) is 0 Å². The fourth-order valence-corrected chi connectivity index (χ4v) is 2.62. The van der Waals surface area contributed by atoms with Gasteiger partial charge in [0.25, 0.3) is 5.91 Å². The molecule has 1 aromatic rings. The molecule has 5 heteroatoms. The minimum atomic E-state index is -0.279. The minimum Gasteiger partial charge on any atom is -0.393 e. The summed E-state index contributed by atoms with van der Waals surface area (Å²) in [7, 11) is 0. The summed E-state index contributed by atoms with van der Waals surface area (Å²) in [6, 6.07) is 1.85. The first-order valence-corrected chi connectivity index (χ1v) is 7.13. The van der Waals surface area contributed by atoms with Crippen LogP contribution in [0, 0.1) is 5.92 Å². The number of carbonyl (C=O) groups is 1. The van der Waals surface area contributed by atoms with Crippen molar-refractivity contribution in [1.29, 1.82) is 0 Å². The highest BCUT2D eigenvalue weighted by atomic mass is 16.3. The molecule has 2 heterocycles. The lowest BCUT2D eigenvalue weighted by atomic mass is 9.92. The van der Waals surface area contributed by atoms with E-state index in [1.165, 1.54) is 0 Å². The molecule has 1 aliphatic rings. The third-order valence-electron chi connectivity index (χ3n) is 3.88. The van der Waals surface area contributed by atoms with E-state index in [2.05, 4.69) is 17.1 Å². The monoisotopic (exact) mass is 265 g/mol. The number of nitrogens with one attached hydrogen (secondary N) is 1. The molecule has 0 bridgehead atoms. The molecule has 1 atom stereocenters. The van der Waals surface area contributed by atoms with Crippen LogP contribution in [-0.4, -0.2) is 45.3 Å². The first kappa shape index (κ1) is 14.1. The Morgan fingerprint density at radius 2 is 2.26 bits per heavy atom. The molecule has 0 aromatic carbocycles. The van der Waals surface area contributed by atoms with Crippen molar-refractivity contribution >= 4 is 5.91 Å². The second-order valence-corrected chi connectivity index (χ2v) is 5.40. The maximum atomic E-state index is 12.3. The van der Waals surface area contributed by atoms with Crippen molar-refractivity contribution in [1.82, 2.24) is 15.1 Å². The topological polar surface area (TPSA) is 69.2 Å². The largest absolute Gasteiger partial charge is 0.393 e. The van der Waals surface area contributed by atoms with Crippen LogP contribution in [0.3, 0.4) is 0 Å². The highest BCUT2D eigenvalue weighted by molar-refractivity contribution is 5.92. The van der Waals surface area contributed by atoms with Crippen molar-refractivity contribution < 1.29 is 9.90 Å². The van der Waals surface area contributed by atoms with Gasteiger partial charge in [0.05, 0.1) is 6.10 Å². The number of amides is 1. The third-order valence-corrected chi connectivity index (χ3v) is 3.88. The number of aromatic amines is 1. The van der Waals surface area contributed by atoms with Crippen LogP contribution < -0.4 is 0 Å². The number of H-pyrrole nitrogens is 1. The molecule has 1 saturated heterocycles. The third kappa shape index (κ3) is 3.35. The Bertz CT molecular complexity index is 420. The van der Waals surface area contributed by atoms with Gasteiger partial charge in [-0.05, 0) is 38.2 Å². The van der Waals surface area contributed by atoms with Crippen LogP contribution in [-0.2, 0) is 6.42 Å². The molecule has 0 radical (unpaired) electrons. The van der Waals surface area contributed by atoms with Crippen LogP contribution >= 0.6 is 0 Å². The van der Waals surface area contributed by atoms with Crippen molar-refractivity contribution in [2.24, 2.45) is 5.92 Å². The molecular weight excluding hydrogens is 242 g/mol. The number of aryl methyl sites for hydroxylation is 1. The highest BCUT2D eigenvalue weighted by Gasteiger charge is 2.26. The van der Waals surface area contributed by atoms with E-state index >= 15 is 0 Å². The number of aliphatic hydroxyl groups excluding tert-OH is 1. The van der Waals surface area contributed by atoms with E-state index in [1.54, 1.807) is 0 Å². The Labute approximate surface area is 114 Å². The van der Waals surface area contributed by atoms with E-state index < -0.39 is 0 Å². The standard InChI is InChI=1S/C14H23N3O2/c1-3-4-12-9-13(16-15-12)14(19)17-7-5-11(6-8-17)10(2)18/h9-11,18H,3-8H2,1-2H3,(H,15,16). The van der Waals surface area contributed by atoms with Gasteiger partial charge in [-0.2, -0.15) is 5.10 Å². The summed E-state index contributed by atoms with van der Waals surface area (Å²) < 4.78 is 0. The van der Waals surface area contributed by atoms with Gasteiger partial charge in [0.1, 0.15) is 5.69 Å². The molecule has 1 fully saturated rings. The van der Waals surface area contributed by atoms with Crippen LogP contribution in [0.25, 0.3) is 0 Å². The average molecular weight is 265 g/mol. The van der Waals surface area contributed by atoms with E-state index in [0.29, 0.717) is 24.7 Å². The number of hydrogen-bond acceptors (Lipinski definition) is 3. The van der Waals surface area contributed by atoms with Gasteiger partial charge in [0, 0.05) is 18.8 Å². The summed E-state index contributed by atoms with van der Waals surface area (Å²) in [5.41, 5.74) is 1.53. The second-order valence-electron chi connectivity index (χ2n) is 5.40. The number of rotatable bonds is 4. The van der Waals surface area contributed by atoms with E-state index in [1.807, 2.05) is 17.9 Å². The summed E-state index contributed by atoms with van der Waals surface area (Å²) in [6.07, 6.45) is 3.42. The van der Waals surface area contributed by atoms with Crippen molar-refractivity contribution in [2.75, 3.05) is 13.1 Å². The maximum absolute atomic E-state index is 12.3. The number of piperidine rings is 1. The summed E-state index contributed by atoms with van der Waals surface area (Å²) in [6.45, 7) is 5.35. The quantitative estimate of drug-likeness (QED) is 0.868.